The van der Waals surface area contributed by atoms with Crippen LogP contribution in [0.5, 0.6) is 5.75 Å². The molecule has 0 aliphatic carbocycles. The summed E-state index contributed by atoms with van der Waals surface area (Å²) in [5, 5.41) is 1.72. The van der Waals surface area contributed by atoms with E-state index in [0.29, 0.717) is 0 Å². The monoisotopic (exact) mass is 291 g/mol. The average Bonchev–Trinajstić information content (AvgIpc) is 2.47. The summed E-state index contributed by atoms with van der Waals surface area (Å²) in [6.45, 7) is 0. The van der Waals surface area contributed by atoms with Crippen molar-refractivity contribution in [2.75, 3.05) is 18.6 Å². The minimum absolute atomic E-state index is 0.736. The number of fused-ring (bicyclic) bond motifs is 1. The van der Waals surface area contributed by atoms with Crippen LogP contribution < -0.4 is 4.74 Å². The van der Waals surface area contributed by atoms with Crippen molar-refractivity contribution in [1.82, 2.24) is 4.98 Å². The number of aromatic nitrogens is 1. The van der Waals surface area contributed by atoms with Gasteiger partial charge in [0.05, 0.1) is 17.6 Å². The van der Waals surface area contributed by atoms with Crippen molar-refractivity contribution in [2.24, 2.45) is 0 Å². The van der Waals surface area contributed by atoms with Gasteiger partial charge >= 0.3 is 0 Å². The number of ether oxygens (including phenoxy) is 1. The predicted octanol–water partition coefficient (Wildman–Crippen LogP) is 4.42. The molecule has 1 aliphatic rings. The Morgan fingerprint density at radius 2 is 2.26 bits per heavy atom. The number of hydrogen-bond donors (Lipinski definition) is 0. The van der Waals surface area contributed by atoms with Crippen LogP contribution in [0.2, 0.25) is 5.02 Å². The molecule has 0 fully saturated rings. The summed E-state index contributed by atoms with van der Waals surface area (Å²) in [5.41, 5.74) is 3.36. The molecule has 0 amide bonds. The molecule has 2 heterocycles. The zero-order valence-corrected chi connectivity index (χ0v) is 12.2. The van der Waals surface area contributed by atoms with Gasteiger partial charge in [-0.05, 0) is 29.9 Å². The minimum atomic E-state index is 0.736. The van der Waals surface area contributed by atoms with Crippen LogP contribution in [0.3, 0.4) is 0 Å². The smallest absolute Gasteiger partial charge is 0.128 e. The van der Waals surface area contributed by atoms with Gasteiger partial charge in [0.1, 0.15) is 5.75 Å². The normalized spacial score (nSPS) is 15.4. The van der Waals surface area contributed by atoms with Gasteiger partial charge in [0.15, 0.2) is 0 Å². The lowest BCUT2D eigenvalue weighted by Crippen LogP contribution is -1.99. The fourth-order valence-electron chi connectivity index (χ4n) is 2.33. The van der Waals surface area contributed by atoms with Gasteiger partial charge in [-0.1, -0.05) is 17.7 Å². The van der Waals surface area contributed by atoms with Crippen LogP contribution in [0.25, 0.3) is 16.5 Å². The topological polar surface area (TPSA) is 22.1 Å². The summed E-state index contributed by atoms with van der Waals surface area (Å²) in [6, 6.07) is 5.90. The number of benzene rings is 1. The van der Waals surface area contributed by atoms with Gasteiger partial charge in [-0.25, -0.2) is 0 Å². The maximum absolute atomic E-state index is 6.26. The van der Waals surface area contributed by atoms with E-state index < -0.39 is 0 Å². The Bertz CT molecular complexity index is 654. The lowest BCUT2D eigenvalue weighted by Gasteiger charge is -2.16. The summed E-state index contributed by atoms with van der Waals surface area (Å²) in [5.74, 6) is 3.10. The Balaban J connectivity index is 2.22. The van der Waals surface area contributed by atoms with E-state index in [9.17, 15) is 0 Å². The number of methoxy groups -OCH3 is 1. The zero-order valence-electron chi connectivity index (χ0n) is 10.6. The number of hydrogen-bond acceptors (Lipinski definition) is 3. The second-order valence-electron chi connectivity index (χ2n) is 4.42. The van der Waals surface area contributed by atoms with Crippen LogP contribution in [0.15, 0.2) is 30.5 Å². The van der Waals surface area contributed by atoms with Gasteiger partial charge in [0.25, 0.3) is 0 Å². The van der Waals surface area contributed by atoms with Crippen LogP contribution >= 0.6 is 23.4 Å². The number of halogens is 1. The highest BCUT2D eigenvalue weighted by Gasteiger charge is 2.14. The molecule has 0 unspecified atom stereocenters. The molecular weight excluding hydrogens is 278 g/mol. The van der Waals surface area contributed by atoms with Crippen molar-refractivity contribution in [3.63, 3.8) is 0 Å². The van der Waals surface area contributed by atoms with E-state index in [-0.39, 0.29) is 0 Å². The summed E-state index contributed by atoms with van der Waals surface area (Å²) < 4.78 is 5.52. The molecule has 19 heavy (non-hydrogen) atoms. The summed E-state index contributed by atoms with van der Waals surface area (Å²) >= 11 is 8.22. The van der Waals surface area contributed by atoms with E-state index in [1.165, 1.54) is 5.57 Å². The molecule has 2 nitrogen and oxygen atoms in total. The number of thioether (sulfide) groups is 1. The molecule has 1 aromatic heterocycles. The highest BCUT2D eigenvalue weighted by atomic mass is 35.5. The number of pyridine rings is 1. The Hall–Kier alpha value is -1.19. The third kappa shape index (κ3) is 2.45. The molecule has 2 aromatic rings. The van der Waals surface area contributed by atoms with Gasteiger partial charge < -0.3 is 4.74 Å². The molecule has 4 heteroatoms. The molecule has 0 bridgehead atoms. The van der Waals surface area contributed by atoms with Gasteiger partial charge in [0, 0.05) is 29.0 Å². The average molecular weight is 292 g/mol. The summed E-state index contributed by atoms with van der Waals surface area (Å²) in [7, 11) is 1.70. The first-order chi connectivity index (χ1) is 9.29. The van der Waals surface area contributed by atoms with E-state index in [2.05, 4.69) is 17.1 Å². The Morgan fingerprint density at radius 3 is 3.00 bits per heavy atom. The molecule has 3 rings (SSSR count). The third-order valence-electron chi connectivity index (χ3n) is 3.32. The molecule has 0 saturated carbocycles. The number of rotatable bonds is 2. The van der Waals surface area contributed by atoms with Crippen molar-refractivity contribution in [3.8, 4) is 5.75 Å². The Kier molecular flexibility index (Phi) is 3.67. The largest absolute Gasteiger partial charge is 0.496 e. The second-order valence-corrected chi connectivity index (χ2v) is 5.97. The number of allylic oxidation sites excluding steroid dienone is 1. The molecule has 98 valence electrons. The molecule has 0 atom stereocenters. The maximum Gasteiger partial charge on any atom is 0.128 e. The van der Waals surface area contributed by atoms with Crippen molar-refractivity contribution in [3.05, 3.63) is 41.1 Å². The lowest BCUT2D eigenvalue weighted by molar-refractivity contribution is 0.414. The van der Waals surface area contributed by atoms with Gasteiger partial charge in [0.2, 0.25) is 0 Å². The molecule has 1 aromatic carbocycles. The first-order valence-electron chi connectivity index (χ1n) is 6.19. The summed E-state index contributed by atoms with van der Waals surface area (Å²) in [6.07, 6.45) is 5.08. The van der Waals surface area contributed by atoms with Crippen LogP contribution in [0.4, 0.5) is 0 Å². The Morgan fingerprint density at radius 1 is 1.37 bits per heavy atom. The molecule has 0 spiro atoms. The van der Waals surface area contributed by atoms with Crippen LogP contribution in [0, 0.1) is 0 Å². The van der Waals surface area contributed by atoms with Crippen LogP contribution in [0.1, 0.15) is 12.0 Å². The van der Waals surface area contributed by atoms with E-state index in [4.69, 9.17) is 16.3 Å². The quantitative estimate of drug-likeness (QED) is 0.818. The molecule has 0 N–H and O–H groups in total. The van der Waals surface area contributed by atoms with Crippen LogP contribution in [-0.2, 0) is 0 Å². The van der Waals surface area contributed by atoms with Crippen molar-refractivity contribution in [1.29, 1.82) is 0 Å². The predicted molar refractivity (Wildman–Crippen MR) is 83.2 cm³/mol. The van der Waals surface area contributed by atoms with Gasteiger partial charge in [-0.3, -0.25) is 4.98 Å². The highest BCUT2D eigenvalue weighted by Crippen LogP contribution is 2.36. The summed E-state index contributed by atoms with van der Waals surface area (Å²) in [4.78, 5) is 4.35. The van der Waals surface area contributed by atoms with Crippen molar-refractivity contribution in [2.45, 2.75) is 6.42 Å². The van der Waals surface area contributed by atoms with Crippen LogP contribution in [-0.4, -0.2) is 23.6 Å². The van der Waals surface area contributed by atoms with E-state index in [1.807, 2.05) is 23.9 Å². The fraction of sp³-hybridized carbons (Fsp3) is 0.267. The number of nitrogens with zero attached hydrogens (tertiary/aromatic N) is 1. The minimum Gasteiger partial charge on any atom is -0.496 e. The fourth-order valence-corrected chi connectivity index (χ4v) is 3.39. The van der Waals surface area contributed by atoms with Gasteiger partial charge in [-0.15, -0.1) is 0 Å². The SMILES string of the molecule is COc1cc2nccc(Cl)c2cc1C1=CCSCC1. The van der Waals surface area contributed by atoms with Gasteiger partial charge in [-0.2, -0.15) is 11.8 Å². The Labute approximate surface area is 121 Å². The zero-order chi connectivity index (χ0) is 13.2. The van der Waals surface area contributed by atoms with E-state index in [1.54, 1.807) is 13.3 Å². The van der Waals surface area contributed by atoms with E-state index >= 15 is 0 Å². The van der Waals surface area contributed by atoms with Crippen molar-refractivity contribution >= 4 is 39.8 Å². The lowest BCUT2D eigenvalue weighted by atomic mass is 9.99. The molecule has 1 aliphatic heterocycles. The maximum atomic E-state index is 6.26. The first-order valence-corrected chi connectivity index (χ1v) is 7.72. The highest BCUT2D eigenvalue weighted by molar-refractivity contribution is 7.99. The molecular formula is C15H14ClNOS. The van der Waals surface area contributed by atoms with E-state index in [0.717, 1.165) is 45.2 Å². The molecule has 0 radical (unpaired) electrons. The standard InChI is InChI=1S/C15H14ClNOS/c1-18-15-9-14-12(13(16)2-5-17-14)8-11(15)10-3-6-19-7-4-10/h2-3,5,8-9H,4,6-7H2,1H3. The third-order valence-corrected chi connectivity index (χ3v) is 4.54. The van der Waals surface area contributed by atoms with Crippen molar-refractivity contribution < 1.29 is 4.74 Å². The molecule has 0 saturated heterocycles. The second kappa shape index (κ2) is 5.43. The first kappa shape index (κ1) is 12.8.